The molecule has 0 radical (unpaired) electrons. The van der Waals surface area contributed by atoms with E-state index in [1.165, 1.54) is 4.31 Å². The smallest absolute Gasteiger partial charge is 0.265 e. The highest BCUT2D eigenvalue weighted by atomic mass is 32.2. The number of pyridine rings is 1. The first-order valence-electron chi connectivity index (χ1n) is 9.39. The lowest BCUT2D eigenvalue weighted by atomic mass is 9.77. The minimum atomic E-state index is -3.74. The Bertz CT molecular complexity index is 1330. The average molecular weight is 404 g/mol. The molecule has 0 aliphatic carbocycles. The number of nitrogens with zero attached hydrogens (tertiary/aromatic N) is 3. The molecule has 0 saturated carbocycles. The number of hydrogen-bond acceptors (Lipinski definition) is 4. The van der Waals surface area contributed by atoms with Crippen LogP contribution in [0, 0.1) is 6.92 Å². The molecular formula is C22H20N4O2S. The summed E-state index contributed by atoms with van der Waals surface area (Å²) in [7, 11) is -3.74. The molecule has 0 fully saturated rings. The van der Waals surface area contributed by atoms with Crippen molar-refractivity contribution in [3.05, 3.63) is 83.7 Å². The summed E-state index contributed by atoms with van der Waals surface area (Å²) in [5, 5.41) is 8.16. The summed E-state index contributed by atoms with van der Waals surface area (Å²) in [6.07, 6.45) is 3.43. The van der Waals surface area contributed by atoms with Gasteiger partial charge in [-0.1, -0.05) is 35.9 Å². The van der Waals surface area contributed by atoms with Crippen LogP contribution in [-0.4, -0.2) is 30.1 Å². The number of aromatic amines is 1. The van der Waals surface area contributed by atoms with E-state index in [2.05, 4.69) is 22.1 Å². The second-order valence-corrected chi connectivity index (χ2v) is 9.53. The Labute approximate surface area is 169 Å². The van der Waals surface area contributed by atoms with Crippen molar-refractivity contribution in [2.24, 2.45) is 0 Å². The van der Waals surface area contributed by atoms with Gasteiger partial charge in [-0.25, -0.2) is 17.7 Å². The van der Waals surface area contributed by atoms with Gasteiger partial charge < -0.3 is 0 Å². The molecule has 0 spiro atoms. The predicted molar refractivity (Wildman–Crippen MR) is 112 cm³/mol. The van der Waals surface area contributed by atoms with Crippen molar-refractivity contribution in [3.8, 4) is 0 Å². The van der Waals surface area contributed by atoms with Crippen LogP contribution in [0.4, 0.5) is 5.82 Å². The van der Waals surface area contributed by atoms with Crippen molar-refractivity contribution < 1.29 is 8.42 Å². The van der Waals surface area contributed by atoms with Crippen molar-refractivity contribution >= 4 is 26.7 Å². The van der Waals surface area contributed by atoms with E-state index < -0.39 is 15.4 Å². The normalized spacial score (nSPS) is 18.9. The van der Waals surface area contributed by atoms with Gasteiger partial charge in [-0.15, -0.1) is 0 Å². The summed E-state index contributed by atoms with van der Waals surface area (Å²) < 4.78 is 28.5. The lowest BCUT2D eigenvalue weighted by Crippen LogP contribution is -2.36. The number of H-pyrrole nitrogens is 1. The first-order chi connectivity index (χ1) is 13.9. The van der Waals surface area contributed by atoms with E-state index in [9.17, 15) is 8.42 Å². The number of fused-ring (bicyclic) bond motifs is 2. The van der Waals surface area contributed by atoms with Crippen LogP contribution >= 0.6 is 0 Å². The maximum Gasteiger partial charge on any atom is 0.265 e. The van der Waals surface area contributed by atoms with Gasteiger partial charge in [0.1, 0.15) is 5.82 Å². The Hall–Kier alpha value is -3.19. The molecule has 1 aliphatic heterocycles. The van der Waals surface area contributed by atoms with E-state index in [0.29, 0.717) is 5.82 Å². The molecule has 1 aliphatic rings. The number of rotatable bonds is 3. The second-order valence-electron chi connectivity index (χ2n) is 7.67. The molecule has 0 bridgehead atoms. The molecule has 29 heavy (non-hydrogen) atoms. The zero-order valence-corrected chi connectivity index (χ0v) is 16.9. The van der Waals surface area contributed by atoms with Crippen LogP contribution in [0.15, 0.2) is 71.9 Å². The number of sulfonamides is 1. The third-order valence-corrected chi connectivity index (χ3v) is 7.52. The Kier molecular flexibility index (Phi) is 3.79. The molecule has 7 heteroatoms. The third kappa shape index (κ3) is 2.57. The van der Waals surface area contributed by atoms with E-state index in [1.54, 1.807) is 24.5 Å². The van der Waals surface area contributed by atoms with Gasteiger partial charge in [0.05, 0.1) is 16.6 Å². The molecule has 1 unspecified atom stereocenters. The van der Waals surface area contributed by atoms with Gasteiger partial charge in [0.25, 0.3) is 10.0 Å². The van der Waals surface area contributed by atoms with Crippen LogP contribution in [0.5, 0.6) is 0 Å². The Morgan fingerprint density at radius 1 is 1.03 bits per heavy atom. The fourth-order valence-corrected chi connectivity index (χ4v) is 5.73. The van der Waals surface area contributed by atoms with Gasteiger partial charge in [0.15, 0.2) is 0 Å². The topological polar surface area (TPSA) is 79.0 Å². The summed E-state index contributed by atoms with van der Waals surface area (Å²) >= 11 is 0. The maximum atomic E-state index is 13.5. The molecule has 146 valence electrons. The van der Waals surface area contributed by atoms with Gasteiger partial charge >= 0.3 is 0 Å². The van der Waals surface area contributed by atoms with Gasteiger partial charge in [-0.3, -0.25) is 5.10 Å². The number of nitrogens with one attached hydrogen (secondary N) is 1. The molecule has 2 aromatic heterocycles. The highest BCUT2D eigenvalue weighted by Gasteiger charge is 2.46. The van der Waals surface area contributed by atoms with E-state index >= 15 is 0 Å². The zero-order chi connectivity index (χ0) is 20.2. The Morgan fingerprint density at radius 3 is 2.59 bits per heavy atom. The third-order valence-electron chi connectivity index (χ3n) is 5.77. The molecule has 6 nitrogen and oxygen atoms in total. The minimum absolute atomic E-state index is 0.269. The molecule has 1 atom stereocenters. The van der Waals surface area contributed by atoms with Crippen molar-refractivity contribution in [1.29, 1.82) is 0 Å². The quantitative estimate of drug-likeness (QED) is 0.564. The van der Waals surface area contributed by atoms with Crippen LogP contribution < -0.4 is 4.31 Å². The number of aryl methyl sites for hydroxylation is 1. The molecule has 3 heterocycles. The van der Waals surface area contributed by atoms with Crippen molar-refractivity contribution in [2.45, 2.75) is 24.2 Å². The predicted octanol–water partition coefficient (Wildman–Crippen LogP) is 3.78. The first-order valence-corrected chi connectivity index (χ1v) is 10.8. The standard InChI is InChI=1S/C22H20N4O2S/c1-15-8-10-16(11-9-15)29(27,28)26-14-22(2,19-6-4-12-23-21(19)26)18-5-3-7-20-17(18)13-24-25-20/h3-13H,14H2,1-2H3,(H,24,25). The van der Waals surface area contributed by atoms with Gasteiger partial charge in [-0.2, -0.15) is 5.10 Å². The molecule has 0 saturated heterocycles. The van der Waals surface area contributed by atoms with E-state index in [4.69, 9.17) is 0 Å². The summed E-state index contributed by atoms with van der Waals surface area (Å²) in [6, 6.07) is 16.7. The highest BCUT2D eigenvalue weighted by molar-refractivity contribution is 7.92. The molecule has 1 N–H and O–H groups in total. The minimum Gasteiger partial charge on any atom is -0.278 e. The summed E-state index contributed by atoms with van der Waals surface area (Å²) in [6.45, 7) is 4.28. The van der Waals surface area contributed by atoms with Crippen LogP contribution in [0.1, 0.15) is 23.6 Å². The first kappa shape index (κ1) is 17.9. The summed E-state index contributed by atoms with van der Waals surface area (Å²) in [5.41, 5.74) is 3.31. The van der Waals surface area contributed by atoms with Gasteiger partial charge in [-0.05, 0) is 43.7 Å². The average Bonchev–Trinajstić information content (AvgIpc) is 3.32. The molecule has 2 aromatic carbocycles. The van der Waals surface area contributed by atoms with Crippen LogP contribution in [0.25, 0.3) is 10.9 Å². The SMILES string of the molecule is Cc1ccc(S(=O)(=O)N2CC(C)(c3cccc4[nH]ncc34)c3cccnc32)cc1. The zero-order valence-electron chi connectivity index (χ0n) is 16.1. The van der Waals surface area contributed by atoms with Crippen LogP contribution in [0.3, 0.4) is 0 Å². The second kappa shape index (κ2) is 6.15. The van der Waals surface area contributed by atoms with E-state index in [0.717, 1.165) is 27.6 Å². The highest BCUT2D eigenvalue weighted by Crippen LogP contribution is 2.47. The van der Waals surface area contributed by atoms with Gasteiger partial charge in [0, 0.05) is 29.1 Å². The molecular weight excluding hydrogens is 384 g/mol. The van der Waals surface area contributed by atoms with Crippen molar-refractivity contribution in [1.82, 2.24) is 15.2 Å². The largest absolute Gasteiger partial charge is 0.278 e. The fourth-order valence-electron chi connectivity index (χ4n) is 4.19. The monoisotopic (exact) mass is 404 g/mol. The van der Waals surface area contributed by atoms with Crippen LogP contribution in [-0.2, 0) is 15.4 Å². The number of aromatic nitrogens is 3. The molecule has 4 aromatic rings. The Morgan fingerprint density at radius 2 is 1.79 bits per heavy atom. The van der Waals surface area contributed by atoms with Crippen molar-refractivity contribution in [2.75, 3.05) is 10.8 Å². The number of hydrogen-bond donors (Lipinski definition) is 1. The maximum absolute atomic E-state index is 13.5. The fraction of sp³-hybridized carbons (Fsp3) is 0.182. The lowest BCUT2D eigenvalue weighted by Gasteiger charge is -2.27. The number of anilines is 1. The lowest BCUT2D eigenvalue weighted by molar-refractivity contribution is 0.577. The summed E-state index contributed by atoms with van der Waals surface area (Å²) in [4.78, 5) is 4.73. The number of benzene rings is 2. The van der Waals surface area contributed by atoms with Crippen LogP contribution in [0.2, 0.25) is 0 Å². The molecule has 0 amide bonds. The van der Waals surface area contributed by atoms with Crippen molar-refractivity contribution in [3.63, 3.8) is 0 Å². The molecule has 5 rings (SSSR count). The van der Waals surface area contributed by atoms with E-state index in [-0.39, 0.29) is 11.4 Å². The van der Waals surface area contributed by atoms with E-state index in [1.807, 2.05) is 49.4 Å². The Balaban J connectivity index is 1.70. The summed E-state index contributed by atoms with van der Waals surface area (Å²) in [5.74, 6) is 0.482. The van der Waals surface area contributed by atoms with Gasteiger partial charge in [0.2, 0.25) is 0 Å².